The number of rotatable bonds is 10. The molecular formula is C27H33N3O4S. The highest BCUT2D eigenvalue weighted by atomic mass is 32.2. The maximum Gasteiger partial charge on any atom is 0.244 e. The van der Waals surface area contributed by atoms with Crippen LogP contribution in [0.2, 0.25) is 0 Å². The molecule has 35 heavy (non-hydrogen) atoms. The van der Waals surface area contributed by atoms with Crippen LogP contribution in [0.4, 0.5) is 5.69 Å². The highest BCUT2D eigenvalue weighted by molar-refractivity contribution is 7.92. The number of benzene rings is 3. The lowest BCUT2D eigenvalue weighted by atomic mass is 10.1. The summed E-state index contributed by atoms with van der Waals surface area (Å²) >= 11 is 0. The van der Waals surface area contributed by atoms with E-state index in [2.05, 4.69) is 5.32 Å². The largest absolute Gasteiger partial charge is 0.352 e. The molecule has 3 aromatic carbocycles. The average molecular weight is 496 g/mol. The molecule has 2 amide bonds. The maximum atomic E-state index is 13.6. The Kier molecular flexibility index (Phi) is 8.51. The second-order valence-corrected chi connectivity index (χ2v) is 10.8. The normalized spacial score (nSPS) is 12.4. The van der Waals surface area contributed by atoms with Crippen LogP contribution < -0.4 is 9.62 Å². The van der Waals surface area contributed by atoms with E-state index in [0.29, 0.717) is 12.1 Å². The van der Waals surface area contributed by atoms with Crippen molar-refractivity contribution in [1.29, 1.82) is 0 Å². The van der Waals surface area contributed by atoms with Gasteiger partial charge in [0.25, 0.3) is 0 Å². The van der Waals surface area contributed by atoms with Crippen molar-refractivity contribution in [2.75, 3.05) is 23.7 Å². The van der Waals surface area contributed by atoms with E-state index in [1.807, 2.05) is 74.5 Å². The summed E-state index contributed by atoms with van der Waals surface area (Å²) in [6, 6.07) is 21.6. The highest BCUT2D eigenvalue weighted by Gasteiger charge is 2.30. The van der Waals surface area contributed by atoms with Crippen molar-refractivity contribution in [2.45, 2.75) is 39.3 Å². The predicted molar refractivity (Wildman–Crippen MR) is 141 cm³/mol. The van der Waals surface area contributed by atoms with Crippen LogP contribution in [0.5, 0.6) is 0 Å². The number of nitrogens with zero attached hydrogens (tertiary/aromatic N) is 2. The predicted octanol–water partition coefficient (Wildman–Crippen LogP) is 3.59. The zero-order chi connectivity index (χ0) is 25.6. The van der Waals surface area contributed by atoms with Crippen LogP contribution in [0.1, 0.15) is 26.3 Å². The summed E-state index contributed by atoms with van der Waals surface area (Å²) in [7, 11) is -3.78. The summed E-state index contributed by atoms with van der Waals surface area (Å²) in [6.45, 7) is 5.26. The quantitative estimate of drug-likeness (QED) is 0.466. The van der Waals surface area contributed by atoms with E-state index in [4.69, 9.17) is 0 Å². The Morgan fingerprint density at radius 3 is 2.17 bits per heavy atom. The van der Waals surface area contributed by atoms with E-state index in [1.165, 1.54) is 4.90 Å². The first-order chi connectivity index (χ1) is 16.6. The van der Waals surface area contributed by atoms with E-state index < -0.39 is 28.5 Å². The molecule has 1 atom stereocenters. The van der Waals surface area contributed by atoms with Crippen molar-refractivity contribution in [1.82, 2.24) is 10.2 Å². The molecule has 7 nitrogen and oxygen atoms in total. The molecule has 0 spiro atoms. The van der Waals surface area contributed by atoms with Gasteiger partial charge in [0.15, 0.2) is 0 Å². The van der Waals surface area contributed by atoms with Crippen molar-refractivity contribution >= 4 is 38.3 Å². The number of carbonyl (C=O) groups is 2. The zero-order valence-corrected chi connectivity index (χ0v) is 21.5. The number of fused-ring (bicyclic) bond motifs is 1. The molecule has 3 aromatic rings. The van der Waals surface area contributed by atoms with Crippen molar-refractivity contribution in [3.8, 4) is 0 Å². The molecule has 0 bridgehead atoms. The van der Waals surface area contributed by atoms with Crippen LogP contribution in [-0.2, 0) is 26.0 Å². The number of nitrogens with one attached hydrogen (secondary N) is 1. The number of anilines is 1. The van der Waals surface area contributed by atoms with Gasteiger partial charge >= 0.3 is 0 Å². The van der Waals surface area contributed by atoms with E-state index in [-0.39, 0.29) is 18.5 Å². The molecule has 0 saturated carbocycles. The van der Waals surface area contributed by atoms with E-state index in [1.54, 1.807) is 19.1 Å². The number of hydrogen-bond acceptors (Lipinski definition) is 4. The van der Waals surface area contributed by atoms with E-state index >= 15 is 0 Å². The zero-order valence-electron chi connectivity index (χ0n) is 20.6. The molecule has 3 rings (SSSR count). The lowest BCUT2D eigenvalue weighted by Crippen LogP contribution is -2.53. The molecule has 0 heterocycles. The van der Waals surface area contributed by atoms with Crippen LogP contribution in [-0.4, -0.2) is 56.6 Å². The molecular weight excluding hydrogens is 462 g/mol. The second-order valence-electron chi connectivity index (χ2n) is 8.93. The Labute approximate surface area is 207 Å². The Bertz CT molecular complexity index is 1270. The van der Waals surface area contributed by atoms with Crippen molar-refractivity contribution < 1.29 is 18.0 Å². The number of sulfonamides is 1. The maximum absolute atomic E-state index is 13.6. The van der Waals surface area contributed by atoms with Crippen LogP contribution in [0.25, 0.3) is 10.8 Å². The summed E-state index contributed by atoms with van der Waals surface area (Å²) in [5.41, 5.74) is 1.46. The summed E-state index contributed by atoms with van der Waals surface area (Å²) in [5.74, 6) is -0.719. The monoisotopic (exact) mass is 495 g/mol. The third-order valence-electron chi connectivity index (χ3n) is 5.80. The molecule has 0 aromatic heterocycles. The summed E-state index contributed by atoms with van der Waals surface area (Å²) in [5, 5.41) is 4.45. The van der Waals surface area contributed by atoms with Gasteiger partial charge < -0.3 is 10.2 Å². The molecule has 186 valence electrons. The third-order valence-corrected chi connectivity index (χ3v) is 6.92. The minimum atomic E-state index is -3.78. The number of hydrogen-bond donors (Lipinski definition) is 1. The van der Waals surface area contributed by atoms with Gasteiger partial charge in [-0.05, 0) is 44.2 Å². The van der Waals surface area contributed by atoms with Crippen molar-refractivity contribution in [2.24, 2.45) is 0 Å². The molecule has 0 saturated heterocycles. The fourth-order valence-electron chi connectivity index (χ4n) is 4.00. The van der Waals surface area contributed by atoms with Crippen molar-refractivity contribution in [3.05, 3.63) is 78.4 Å². The third kappa shape index (κ3) is 6.82. The van der Waals surface area contributed by atoms with Gasteiger partial charge in [0.1, 0.15) is 12.6 Å². The summed E-state index contributed by atoms with van der Waals surface area (Å²) in [6.07, 6.45) is 1.63. The minimum Gasteiger partial charge on any atom is -0.352 e. The smallest absolute Gasteiger partial charge is 0.244 e. The first-order valence-electron chi connectivity index (χ1n) is 11.7. The molecule has 0 aliphatic rings. The van der Waals surface area contributed by atoms with Gasteiger partial charge in [0.2, 0.25) is 21.8 Å². The molecule has 1 N–H and O–H groups in total. The Hall–Kier alpha value is -3.39. The lowest BCUT2D eigenvalue weighted by Gasteiger charge is -2.32. The highest BCUT2D eigenvalue weighted by Crippen LogP contribution is 2.28. The number of amides is 2. The Morgan fingerprint density at radius 2 is 1.51 bits per heavy atom. The second kappa shape index (κ2) is 11.4. The van der Waals surface area contributed by atoms with E-state index in [0.717, 1.165) is 26.9 Å². The van der Waals surface area contributed by atoms with Crippen LogP contribution in [0.3, 0.4) is 0 Å². The SMILES string of the molecule is CC(C)NC(=O)[C@@H](C)N(CCc1ccccc1)C(=O)CN(c1cccc2ccccc12)S(C)(=O)=O. The number of carbonyl (C=O) groups excluding carboxylic acids is 2. The Morgan fingerprint density at radius 1 is 0.886 bits per heavy atom. The standard InChI is InChI=1S/C27H33N3O4S/c1-20(2)28-27(32)21(3)29(18-17-22-11-6-5-7-12-22)26(31)19-30(35(4,33)34)25-16-10-14-23-13-8-9-15-24(23)25/h5-16,20-21H,17-19H2,1-4H3,(H,28,32)/t21-/m1/s1. The van der Waals surface area contributed by atoms with Crippen molar-refractivity contribution in [3.63, 3.8) is 0 Å². The van der Waals surface area contributed by atoms with Gasteiger partial charge in [-0.2, -0.15) is 0 Å². The molecule has 8 heteroatoms. The molecule has 0 aliphatic heterocycles. The van der Waals surface area contributed by atoms with Gasteiger partial charge in [0.05, 0.1) is 11.9 Å². The fourth-order valence-corrected chi connectivity index (χ4v) is 4.86. The molecule has 0 fully saturated rings. The van der Waals surface area contributed by atoms with Gasteiger partial charge in [0, 0.05) is 18.0 Å². The van der Waals surface area contributed by atoms with Gasteiger partial charge in [-0.15, -0.1) is 0 Å². The molecule has 0 aliphatic carbocycles. The minimum absolute atomic E-state index is 0.0840. The average Bonchev–Trinajstić information content (AvgIpc) is 2.81. The Balaban J connectivity index is 1.93. The van der Waals surface area contributed by atoms with Crippen LogP contribution in [0.15, 0.2) is 72.8 Å². The van der Waals surface area contributed by atoms with Gasteiger partial charge in [-0.25, -0.2) is 8.42 Å². The summed E-state index contributed by atoms with van der Waals surface area (Å²) in [4.78, 5) is 27.9. The summed E-state index contributed by atoms with van der Waals surface area (Å²) < 4.78 is 26.8. The lowest BCUT2D eigenvalue weighted by molar-refractivity contribution is -0.139. The fraction of sp³-hybridized carbons (Fsp3) is 0.333. The van der Waals surface area contributed by atoms with E-state index in [9.17, 15) is 18.0 Å². The first kappa shape index (κ1) is 26.2. The van der Waals surface area contributed by atoms with Crippen LogP contribution >= 0.6 is 0 Å². The molecule has 0 radical (unpaired) electrons. The van der Waals surface area contributed by atoms with Crippen LogP contribution in [0, 0.1) is 0 Å². The van der Waals surface area contributed by atoms with Gasteiger partial charge in [-0.3, -0.25) is 13.9 Å². The molecule has 0 unspecified atom stereocenters. The first-order valence-corrected chi connectivity index (χ1v) is 13.5. The van der Waals surface area contributed by atoms with Gasteiger partial charge in [-0.1, -0.05) is 66.7 Å². The topological polar surface area (TPSA) is 86.8 Å².